The summed E-state index contributed by atoms with van der Waals surface area (Å²) in [6.45, 7) is 3.77. The molecule has 0 saturated carbocycles. The number of carbonyl (C=O) groups is 2. The van der Waals surface area contributed by atoms with E-state index in [1.54, 1.807) is 0 Å². The number of fused-ring (bicyclic) bond motifs is 1. The van der Waals surface area contributed by atoms with Gasteiger partial charge in [0.15, 0.2) is 6.61 Å². The predicted octanol–water partition coefficient (Wildman–Crippen LogP) is 5.71. The lowest BCUT2D eigenvalue weighted by atomic mass is 9.89. The van der Waals surface area contributed by atoms with Gasteiger partial charge in [-0.2, -0.15) is 0 Å². The Morgan fingerprint density at radius 1 is 1.03 bits per heavy atom. The van der Waals surface area contributed by atoms with Crippen molar-refractivity contribution in [2.75, 3.05) is 19.0 Å². The number of benzene rings is 2. The Bertz CT molecular complexity index is 1160. The smallest absolute Gasteiger partial charge is 0.341 e. The lowest BCUT2D eigenvalue weighted by Crippen LogP contribution is -2.21. The molecule has 0 spiro atoms. The summed E-state index contributed by atoms with van der Waals surface area (Å²) in [5, 5.41) is 5.21. The van der Waals surface area contributed by atoms with Gasteiger partial charge in [0.2, 0.25) is 0 Å². The molecule has 2 aromatic carbocycles. The van der Waals surface area contributed by atoms with E-state index in [1.165, 1.54) is 42.4 Å². The number of esters is 1. The number of methoxy groups -OCH3 is 1. The van der Waals surface area contributed by atoms with Gasteiger partial charge in [-0.05, 0) is 73.4 Å². The number of amides is 1. The summed E-state index contributed by atoms with van der Waals surface area (Å²) >= 11 is 1.32. The number of rotatable bonds is 6. The summed E-state index contributed by atoms with van der Waals surface area (Å²) in [4.78, 5) is 25.2. The zero-order chi connectivity index (χ0) is 22.7. The average Bonchev–Trinajstić information content (AvgIpc) is 3.22. The molecule has 1 aromatic heterocycles. The Hall–Kier alpha value is -3.12. The lowest BCUT2D eigenvalue weighted by molar-refractivity contribution is -0.118. The highest BCUT2D eigenvalue weighted by Gasteiger charge is 2.23. The van der Waals surface area contributed by atoms with Crippen molar-refractivity contribution in [2.45, 2.75) is 39.5 Å². The van der Waals surface area contributed by atoms with E-state index < -0.39 is 5.97 Å². The highest BCUT2D eigenvalue weighted by Crippen LogP contribution is 2.37. The standard InChI is InChI=1S/C26H27NO4S/c1-16-8-9-17(2)22(12-16)31-14-23(28)27-25-24(26(29)30-3)21(15-32-25)20-11-10-18-6-4-5-7-19(18)13-20/h8-13,15H,4-7,14H2,1-3H3,(H,27,28). The number of anilines is 1. The van der Waals surface area contributed by atoms with E-state index in [-0.39, 0.29) is 12.5 Å². The second-order valence-corrected chi connectivity index (χ2v) is 9.02. The van der Waals surface area contributed by atoms with Gasteiger partial charge in [0.1, 0.15) is 16.3 Å². The molecule has 166 valence electrons. The number of ether oxygens (including phenoxy) is 2. The average molecular weight is 450 g/mol. The van der Waals surface area contributed by atoms with E-state index in [0.717, 1.165) is 35.1 Å². The number of hydrogen-bond donors (Lipinski definition) is 1. The number of aryl methyl sites for hydroxylation is 4. The predicted molar refractivity (Wildman–Crippen MR) is 128 cm³/mol. The van der Waals surface area contributed by atoms with Crippen LogP contribution in [0.3, 0.4) is 0 Å². The van der Waals surface area contributed by atoms with Crippen molar-refractivity contribution in [3.8, 4) is 16.9 Å². The van der Waals surface area contributed by atoms with Crippen LogP contribution in [0.4, 0.5) is 5.00 Å². The normalized spacial score (nSPS) is 12.7. The van der Waals surface area contributed by atoms with E-state index >= 15 is 0 Å². The topological polar surface area (TPSA) is 64.6 Å². The molecule has 0 fully saturated rings. The van der Waals surface area contributed by atoms with Gasteiger partial charge in [-0.25, -0.2) is 4.79 Å². The van der Waals surface area contributed by atoms with Crippen LogP contribution in [0, 0.1) is 13.8 Å². The lowest BCUT2D eigenvalue weighted by Gasteiger charge is -2.17. The van der Waals surface area contributed by atoms with Gasteiger partial charge in [-0.15, -0.1) is 11.3 Å². The summed E-state index contributed by atoms with van der Waals surface area (Å²) in [7, 11) is 1.35. The van der Waals surface area contributed by atoms with Crippen LogP contribution in [0.5, 0.6) is 5.75 Å². The first-order valence-electron chi connectivity index (χ1n) is 10.8. The highest BCUT2D eigenvalue weighted by atomic mass is 32.1. The Kier molecular flexibility index (Phi) is 6.61. The first-order chi connectivity index (χ1) is 15.5. The van der Waals surface area contributed by atoms with Crippen LogP contribution < -0.4 is 10.1 Å². The number of nitrogens with one attached hydrogen (secondary N) is 1. The van der Waals surface area contributed by atoms with Crippen LogP contribution in [0.2, 0.25) is 0 Å². The van der Waals surface area contributed by atoms with Gasteiger partial charge in [-0.1, -0.05) is 30.3 Å². The minimum absolute atomic E-state index is 0.142. The summed E-state index contributed by atoms with van der Waals surface area (Å²) in [6, 6.07) is 12.2. The molecule has 1 amide bonds. The third-order valence-corrected chi connectivity index (χ3v) is 6.69. The Morgan fingerprint density at radius 3 is 2.59 bits per heavy atom. The Morgan fingerprint density at radius 2 is 1.81 bits per heavy atom. The quantitative estimate of drug-likeness (QED) is 0.489. The summed E-state index contributed by atoms with van der Waals surface area (Å²) in [5.41, 5.74) is 6.87. The maximum Gasteiger partial charge on any atom is 0.341 e. The molecule has 0 bridgehead atoms. The summed E-state index contributed by atoms with van der Waals surface area (Å²) in [5.74, 6) is -0.117. The SMILES string of the molecule is COC(=O)c1c(-c2ccc3c(c2)CCCC3)csc1NC(=O)COc1cc(C)ccc1C. The number of thiophene rings is 1. The van der Waals surface area contributed by atoms with Crippen LogP contribution in [0.25, 0.3) is 11.1 Å². The molecule has 0 atom stereocenters. The summed E-state index contributed by atoms with van der Waals surface area (Å²) in [6.07, 6.45) is 4.56. The zero-order valence-corrected chi connectivity index (χ0v) is 19.4. The molecular formula is C26H27NO4S. The van der Waals surface area contributed by atoms with Crippen molar-refractivity contribution in [3.63, 3.8) is 0 Å². The van der Waals surface area contributed by atoms with Gasteiger partial charge in [0.05, 0.1) is 7.11 Å². The third-order valence-electron chi connectivity index (χ3n) is 5.80. The van der Waals surface area contributed by atoms with Crippen molar-refractivity contribution < 1.29 is 19.1 Å². The molecule has 5 nitrogen and oxygen atoms in total. The number of hydrogen-bond acceptors (Lipinski definition) is 5. The molecule has 6 heteroatoms. The van der Waals surface area contributed by atoms with Crippen LogP contribution in [0.15, 0.2) is 41.8 Å². The van der Waals surface area contributed by atoms with E-state index in [9.17, 15) is 9.59 Å². The maximum atomic E-state index is 12.6. The Balaban J connectivity index is 1.55. The van der Waals surface area contributed by atoms with Crippen LogP contribution >= 0.6 is 11.3 Å². The van der Waals surface area contributed by atoms with E-state index in [2.05, 4.69) is 17.4 Å². The largest absolute Gasteiger partial charge is 0.483 e. The zero-order valence-electron chi connectivity index (χ0n) is 18.6. The molecule has 1 aliphatic carbocycles. The van der Waals surface area contributed by atoms with Crippen LogP contribution in [0.1, 0.15) is 45.5 Å². The number of carbonyl (C=O) groups excluding carboxylic acids is 2. The van der Waals surface area contributed by atoms with Crippen LogP contribution in [-0.4, -0.2) is 25.6 Å². The van der Waals surface area contributed by atoms with Crippen LogP contribution in [-0.2, 0) is 22.4 Å². The molecule has 4 rings (SSSR count). The van der Waals surface area contributed by atoms with E-state index in [4.69, 9.17) is 9.47 Å². The fourth-order valence-electron chi connectivity index (χ4n) is 4.04. The molecule has 1 heterocycles. The highest BCUT2D eigenvalue weighted by molar-refractivity contribution is 7.15. The fourth-order valence-corrected chi connectivity index (χ4v) is 5.01. The van der Waals surface area contributed by atoms with Crippen molar-refractivity contribution >= 4 is 28.2 Å². The molecule has 1 aliphatic rings. The fraction of sp³-hybridized carbons (Fsp3) is 0.308. The summed E-state index contributed by atoms with van der Waals surface area (Å²) < 4.78 is 10.7. The van der Waals surface area contributed by atoms with Crippen molar-refractivity contribution in [2.24, 2.45) is 0 Å². The molecule has 32 heavy (non-hydrogen) atoms. The van der Waals surface area contributed by atoms with E-state index in [1.807, 2.05) is 43.5 Å². The van der Waals surface area contributed by atoms with Gasteiger partial charge in [0, 0.05) is 10.9 Å². The molecular weight excluding hydrogens is 422 g/mol. The molecule has 0 unspecified atom stereocenters. The Labute approximate surface area is 192 Å². The first-order valence-corrected chi connectivity index (χ1v) is 11.7. The van der Waals surface area contributed by atoms with Crippen molar-refractivity contribution in [1.82, 2.24) is 0 Å². The van der Waals surface area contributed by atoms with Crippen molar-refractivity contribution in [1.29, 1.82) is 0 Å². The maximum absolute atomic E-state index is 12.6. The minimum atomic E-state index is -0.468. The van der Waals surface area contributed by atoms with Gasteiger partial charge in [0.25, 0.3) is 5.91 Å². The second kappa shape index (κ2) is 9.57. The van der Waals surface area contributed by atoms with Gasteiger partial charge < -0.3 is 14.8 Å². The molecule has 0 radical (unpaired) electrons. The monoisotopic (exact) mass is 449 g/mol. The molecule has 0 aliphatic heterocycles. The molecule has 0 saturated heterocycles. The van der Waals surface area contributed by atoms with E-state index in [0.29, 0.717) is 16.3 Å². The minimum Gasteiger partial charge on any atom is -0.483 e. The van der Waals surface area contributed by atoms with Gasteiger partial charge in [-0.3, -0.25) is 4.79 Å². The second-order valence-electron chi connectivity index (χ2n) is 8.14. The van der Waals surface area contributed by atoms with Gasteiger partial charge >= 0.3 is 5.97 Å². The third kappa shape index (κ3) is 4.70. The molecule has 3 aromatic rings. The first kappa shape index (κ1) is 22.1. The van der Waals surface area contributed by atoms with Crippen molar-refractivity contribution in [3.05, 3.63) is 69.6 Å². The molecule has 1 N–H and O–H groups in total.